The number of hydrogen-bond donors (Lipinski definition) is 4. The number of fused-ring (bicyclic) bond motifs is 1. The summed E-state index contributed by atoms with van der Waals surface area (Å²) in [6.45, 7) is 4.69. The number of nitrogens with one attached hydrogen (secondary N) is 2. The van der Waals surface area contributed by atoms with E-state index in [-0.39, 0.29) is 29.1 Å². The number of hydrogen-bond acceptors (Lipinski definition) is 5. The number of carbonyl (C=O) groups is 1. The van der Waals surface area contributed by atoms with Crippen molar-refractivity contribution in [2.24, 2.45) is 22.4 Å². The Labute approximate surface area is 190 Å². The van der Waals surface area contributed by atoms with Gasteiger partial charge in [-0.15, -0.1) is 0 Å². The first kappa shape index (κ1) is 25.4. The van der Waals surface area contributed by atoms with Crippen LogP contribution >= 0.6 is 0 Å². The van der Waals surface area contributed by atoms with Crippen LogP contribution in [0.25, 0.3) is 10.8 Å². The SMILES string of the molecule is CC(C)CNC(=O)C(CCCN=C(N)N)NS(=O)(=O)c1cccc2c(N(C)C)cccc12. The van der Waals surface area contributed by atoms with Gasteiger partial charge in [-0.05, 0) is 30.9 Å². The van der Waals surface area contributed by atoms with Crippen molar-refractivity contribution in [2.75, 3.05) is 32.1 Å². The van der Waals surface area contributed by atoms with Gasteiger partial charge in [0.05, 0.1) is 4.90 Å². The highest BCUT2D eigenvalue weighted by Crippen LogP contribution is 2.30. The van der Waals surface area contributed by atoms with Crippen molar-refractivity contribution in [3.05, 3.63) is 36.4 Å². The number of guanidine groups is 1. The minimum absolute atomic E-state index is 0.0427. The molecule has 2 aromatic carbocycles. The van der Waals surface area contributed by atoms with Crippen molar-refractivity contribution in [3.8, 4) is 0 Å². The molecule has 9 nitrogen and oxygen atoms in total. The van der Waals surface area contributed by atoms with Crippen LogP contribution in [0.1, 0.15) is 26.7 Å². The third-order valence-corrected chi connectivity index (χ3v) is 6.40. The van der Waals surface area contributed by atoms with Crippen LogP contribution in [0.3, 0.4) is 0 Å². The summed E-state index contributed by atoms with van der Waals surface area (Å²) in [6, 6.07) is 9.70. The maximum absolute atomic E-state index is 13.3. The topological polar surface area (TPSA) is 143 Å². The molecule has 0 fully saturated rings. The molecule has 0 radical (unpaired) electrons. The molecule has 10 heteroatoms. The van der Waals surface area contributed by atoms with Gasteiger partial charge in [0.2, 0.25) is 15.9 Å². The Morgan fingerprint density at radius 2 is 1.75 bits per heavy atom. The third kappa shape index (κ3) is 6.83. The zero-order chi connectivity index (χ0) is 23.9. The van der Waals surface area contributed by atoms with E-state index in [2.05, 4.69) is 15.0 Å². The van der Waals surface area contributed by atoms with Gasteiger partial charge in [0, 0.05) is 43.6 Å². The minimum atomic E-state index is -3.98. The largest absolute Gasteiger partial charge is 0.377 e. The maximum Gasteiger partial charge on any atom is 0.241 e. The molecule has 0 aromatic heterocycles. The number of benzene rings is 2. The van der Waals surface area contributed by atoms with Gasteiger partial charge in [-0.1, -0.05) is 38.1 Å². The molecule has 0 aliphatic rings. The van der Waals surface area contributed by atoms with Crippen LogP contribution in [-0.4, -0.2) is 53.5 Å². The summed E-state index contributed by atoms with van der Waals surface area (Å²) in [7, 11) is -0.175. The Morgan fingerprint density at radius 1 is 1.09 bits per heavy atom. The highest BCUT2D eigenvalue weighted by atomic mass is 32.2. The predicted octanol–water partition coefficient (Wildman–Crippen LogP) is 1.38. The van der Waals surface area contributed by atoms with Gasteiger partial charge in [-0.2, -0.15) is 4.72 Å². The summed E-state index contributed by atoms with van der Waals surface area (Å²) in [5.74, 6) is -0.180. The summed E-state index contributed by atoms with van der Waals surface area (Å²) >= 11 is 0. The van der Waals surface area contributed by atoms with E-state index in [4.69, 9.17) is 11.5 Å². The Balaban J connectivity index is 2.35. The van der Waals surface area contributed by atoms with Crippen LogP contribution in [0.4, 0.5) is 5.69 Å². The van der Waals surface area contributed by atoms with Crippen molar-refractivity contribution < 1.29 is 13.2 Å². The van der Waals surface area contributed by atoms with E-state index >= 15 is 0 Å². The van der Waals surface area contributed by atoms with Gasteiger partial charge in [0.15, 0.2) is 5.96 Å². The third-order valence-electron chi connectivity index (χ3n) is 4.87. The number of carbonyl (C=O) groups excluding carboxylic acids is 1. The number of nitrogens with two attached hydrogens (primary N) is 2. The fourth-order valence-electron chi connectivity index (χ4n) is 3.31. The lowest BCUT2D eigenvalue weighted by Gasteiger charge is -2.21. The monoisotopic (exact) mass is 462 g/mol. The Hall–Kier alpha value is -2.85. The van der Waals surface area contributed by atoms with Gasteiger partial charge < -0.3 is 21.7 Å². The minimum Gasteiger partial charge on any atom is -0.377 e. The second-order valence-corrected chi connectivity index (χ2v) is 9.97. The van der Waals surface area contributed by atoms with E-state index in [0.29, 0.717) is 24.9 Å². The second kappa shape index (κ2) is 11.1. The van der Waals surface area contributed by atoms with E-state index in [0.717, 1.165) is 11.1 Å². The van der Waals surface area contributed by atoms with Crippen LogP contribution in [0, 0.1) is 5.92 Å². The Bertz CT molecular complexity index is 1060. The molecule has 1 unspecified atom stereocenters. The van der Waals surface area contributed by atoms with Gasteiger partial charge in [-0.25, -0.2) is 8.42 Å². The van der Waals surface area contributed by atoms with Crippen molar-refractivity contribution >= 4 is 38.3 Å². The first-order valence-corrected chi connectivity index (χ1v) is 12.1. The van der Waals surface area contributed by atoms with E-state index in [1.165, 1.54) is 0 Å². The van der Waals surface area contributed by atoms with Gasteiger partial charge in [0.1, 0.15) is 6.04 Å². The fraction of sp³-hybridized carbons (Fsp3) is 0.455. The summed E-state index contributed by atoms with van der Waals surface area (Å²) < 4.78 is 29.3. The summed E-state index contributed by atoms with van der Waals surface area (Å²) in [6.07, 6.45) is 0.703. The molecule has 0 heterocycles. The van der Waals surface area contributed by atoms with Crippen LogP contribution in [0.15, 0.2) is 46.3 Å². The molecule has 0 bridgehead atoms. The molecule has 2 aromatic rings. The van der Waals surface area contributed by atoms with Crippen LogP contribution in [-0.2, 0) is 14.8 Å². The molecule has 0 aliphatic carbocycles. The van der Waals surface area contributed by atoms with Crippen molar-refractivity contribution in [1.29, 1.82) is 0 Å². The number of amides is 1. The average Bonchev–Trinajstić information content (AvgIpc) is 2.72. The lowest BCUT2D eigenvalue weighted by Crippen LogP contribution is -2.47. The summed E-state index contributed by atoms with van der Waals surface area (Å²) in [5.41, 5.74) is 11.6. The maximum atomic E-state index is 13.3. The number of anilines is 1. The fourth-order valence-corrected chi connectivity index (χ4v) is 4.77. The first-order chi connectivity index (χ1) is 15.0. The standard InChI is InChI=1S/C22H34N6O3S/c1-15(2)14-26-21(29)18(10-7-13-25-22(23)24)27-32(30,31)20-12-6-8-16-17(20)9-5-11-19(16)28(3)4/h5-6,8-9,11-12,15,18,27H,7,10,13-14H2,1-4H3,(H,26,29)(H4,23,24,25). The highest BCUT2D eigenvalue weighted by Gasteiger charge is 2.27. The van der Waals surface area contributed by atoms with Crippen LogP contribution in [0.5, 0.6) is 0 Å². The quantitative estimate of drug-likeness (QED) is 0.226. The second-order valence-electron chi connectivity index (χ2n) is 8.28. The number of rotatable bonds is 11. The molecule has 1 atom stereocenters. The van der Waals surface area contributed by atoms with E-state index in [9.17, 15) is 13.2 Å². The zero-order valence-corrected chi connectivity index (χ0v) is 19.9. The smallest absolute Gasteiger partial charge is 0.241 e. The van der Waals surface area contributed by atoms with Crippen molar-refractivity contribution in [2.45, 2.75) is 37.6 Å². The number of sulfonamides is 1. The molecule has 0 saturated heterocycles. The van der Waals surface area contributed by atoms with E-state index < -0.39 is 16.1 Å². The molecule has 6 N–H and O–H groups in total. The molecular weight excluding hydrogens is 428 g/mol. The summed E-state index contributed by atoms with van der Waals surface area (Å²) in [4.78, 5) is 18.7. The number of nitrogens with zero attached hydrogens (tertiary/aromatic N) is 2. The normalized spacial score (nSPS) is 12.5. The molecule has 0 saturated carbocycles. The van der Waals surface area contributed by atoms with Crippen molar-refractivity contribution in [1.82, 2.24) is 10.0 Å². The summed E-state index contributed by atoms with van der Waals surface area (Å²) in [5, 5.41) is 4.21. The van der Waals surface area contributed by atoms with Gasteiger partial charge >= 0.3 is 0 Å². The zero-order valence-electron chi connectivity index (χ0n) is 19.1. The van der Waals surface area contributed by atoms with Crippen LogP contribution in [0.2, 0.25) is 0 Å². The molecular formula is C22H34N6O3S. The Kier molecular flexibility index (Phi) is 8.85. The highest BCUT2D eigenvalue weighted by molar-refractivity contribution is 7.89. The molecule has 176 valence electrons. The lowest BCUT2D eigenvalue weighted by molar-refractivity contribution is -0.123. The van der Waals surface area contributed by atoms with E-state index in [1.807, 2.05) is 51.0 Å². The number of aliphatic imine (C=N–C) groups is 1. The molecule has 32 heavy (non-hydrogen) atoms. The Morgan fingerprint density at radius 3 is 2.38 bits per heavy atom. The molecule has 1 amide bonds. The average molecular weight is 463 g/mol. The van der Waals surface area contributed by atoms with Gasteiger partial charge in [-0.3, -0.25) is 9.79 Å². The van der Waals surface area contributed by atoms with Gasteiger partial charge in [0.25, 0.3) is 0 Å². The van der Waals surface area contributed by atoms with Crippen molar-refractivity contribution in [3.63, 3.8) is 0 Å². The van der Waals surface area contributed by atoms with Crippen LogP contribution < -0.4 is 26.4 Å². The first-order valence-electron chi connectivity index (χ1n) is 10.6. The molecule has 2 rings (SSSR count). The molecule has 0 aliphatic heterocycles. The van der Waals surface area contributed by atoms with E-state index in [1.54, 1.807) is 18.2 Å². The molecule has 0 spiro atoms. The lowest BCUT2D eigenvalue weighted by atomic mass is 10.1. The predicted molar refractivity (Wildman–Crippen MR) is 130 cm³/mol.